The summed E-state index contributed by atoms with van der Waals surface area (Å²) in [6.07, 6.45) is -0.0463. The quantitative estimate of drug-likeness (QED) is 0.498. The van der Waals surface area contributed by atoms with E-state index >= 15 is 0 Å². The minimum absolute atomic E-state index is 0.0463. The lowest BCUT2D eigenvalue weighted by Gasteiger charge is -2.32. The van der Waals surface area contributed by atoms with Crippen molar-refractivity contribution in [2.24, 2.45) is 0 Å². The number of benzene rings is 1. The topological polar surface area (TPSA) is 102 Å². The van der Waals surface area contributed by atoms with Gasteiger partial charge in [0.15, 0.2) is 0 Å². The number of nitrogens with one attached hydrogen (secondary N) is 1. The van der Waals surface area contributed by atoms with Crippen molar-refractivity contribution in [1.29, 1.82) is 0 Å². The van der Waals surface area contributed by atoms with Gasteiger partial charge in [-0.25, -0.2) is 0 Å². The minimum atomic E-state index is -0.613. The first-order valence-corrected chi connectivity index (χ1v) is 6.96. The summed E-state index contributed by atoms with van der Waals surface area (Å²) >= 11 is 0. The molecule has 1 fully saturated rings. The lowest BCUT2D eigenvalue weighted by molar-refractivity contribution is -0.384. The summed E-state index contributed by atoms with van der Waals surface area (Å²) in [5, 5.41) is 13.3. The zero-order chi connectivity index (χ0) is 16.1. The maximum Gasteiger partial charge on any atom is 0.323 e. The van der Waals surface area contributed by atoms with E-state index < -0.39 is 16.9 Å². The lowest BCUT2D eigenvalue weighted by Crippen LogP contribution is -2.50. The average molecular weight is 307 g/mol. The van der Waals surface area contributed by atoms with E-state index in [1.807, 2.05) is 11.8 Å². The molecule has 1 N–H and O–H groups in total. The van der Waals surface area contributed by atoms with Crippen LogP contribution in [-0.2, 0) is 14.3 Å². The number of carbonyl (C=O) groups is 2. The number of morpholine rings is 1. The summed E-state index contributed by atoms with van der Waals surface area (Å²) in [4.78, 5) is 35.9. The molecule has 22 heavy (non-hydrogen) atoms. The Morgan fingerprint density at radius 2 is 2.32 bits per heavy atom. The van der Waals surface area contributed by atoms with Gasteiger partial charge in [-0.05, 0) is 12.6 Å². The Bertz CT molecular complexity index is 590. The van der Waals surface area contributed by atoms with Crippen molar-refractivity contribution in [2.45, 2.75) is 19.4 Å². The highest BCUT2D eigenvalue weighted by atomic mass is 16.6. The second-order valence-corrected chi connectivity index (χ2v) is 4.87. The van der Waals surface area contributed by atoms with Crippen LogP contribution in [0.4, 0.5) is 11.4 Å². The number of nitro benzene ring substituents is 1. The second-order valence-electron chi connectivity index (χ2n) is 4.87. The van der Waals surface area contributed by atoms with Gasteiger partial charge in [0.2, 0.25) is 5.91 Å². The number of anilines is 1. The number of hydrogen-bond donors (Lipinski definition) is 1. The molecule has 1 atom stereocenters. The summed E-state index contributed by atoms with van der Waals surface area (Å²) in [6, 6.07) is 5.04. The minimum Gasteiger partial charge on any atom is -0.463 e. The molecular weight excluding hydrogens is 290 g/mol. The third-order valence-electron chi connectivity index (χ3n) is 3.46. The third-order valence-corrected chi connectivity index (χ3v) is 3.46. The molecule has 1 unspecified atom stereocenters. The van der Waals surface area contributed by atoms with E-state index in [9.17, 15) is 19.7 Å². The largest absolute Gasteiger partial charge is 0.463 e. The number of rotatable bonds is 5. The molecule has 1 aromatic rings. The predicted octanol–water partition coefficient (Wildman–Crippen LogP) is 1.17. The maximum atomic E-state index is 12.1. The number of cyclic esters (lactones) is 1. The molecule has 0 aromatic heterocycles. The molecule has 0 radical (unpaired) electrons. The van der Waals surface area contributed by atoms with Crippen molar-refractivity contribution < 1.29 is 19.2 Å². The number of carbonyl (C=O) groups excluding carboxylic acids is 2. The van der Waals surface area contributed by atoms with E-state index in [1.165, 1.54) is 18.2 Å². The molecule has 0 saturated carbocycles. The fourth-order valence-corrected chi connectivity index (χ4v) is 2.34. The van der Waals surface area contributed by atoms with Gasteiger partial charge in [0.25, 0.3) is 5.69 Å². The molecule has 1 aliphatic rings. The Kier molecular flexibility index (Phi) is 5.05. The Hall–Kier alpha value is -2.48. The van der Waals surface area contributed by atoms with Crippen molar-refractivity contribution in [3.8, 4) is 0 Å². The molecule has 1 aliphatic heterocycles. The number of esters is 1. The number of ether oxygens (including phenoxy) is 1. The van der Waals surface area contributed by atoms with Gasteiger partial charge in [0, 0.05) is 24.4 Å². The predicted molar refractivity (Wildman–Crippen MR) is 78.3 cm³/mol. The van der Waals surface area contributed by atoms with E-state index in [-0.39, 0.29) is 18.0 Å². The molecule has 2 rings (SSSR count). The summed E-state index contributed by atoms with van der Waals surface area (Å²) in [5.41, 5.74) is 0.219. The molecule has 1 heterocycles. The first-order valence-electron chi connectivity index (χ1n) is 6.96. The molecule has 0 bridgehead atoms. The highest BCUT2D eigenvalue weighted by molar-refractivity contribution is 5.94. The van der Waals surface area contributed by atoms with E-state index in [1.54, 1.807) is 6.07 Å². The van der Waals surface area contributed by atoms with E-state index in [0.717, 1.165) is 0 Å². The fraction of sp³-hybridized carbons (Fsp3) is 0.429. The Balaban J connectivity index is 2.01. The second kappa shape index (κ2) is 6.99. The summed E-state index contributed by atoms with van der Waals surface area (Å²) in [7, 11) is 0. The summed E-state index contributed by atoms with van der Waals surface area (Å²) in [5.74, 6) is -0.801. The van der Waals surface area contributed by atoms with Gasteiger partial charge in [-0.15, -0.1) is 0 Å². The van der Waals surface area contributed by atoms with Crippen LogP contribution in [-0.4, -0.2) is 47.4 Å². The third kappa shape index (κ3) is 3.79. The zero-order valence-electron chi connectivity index (χ0n) is 12.2. The normalized spacial score (nSPS) is 18.6. The van der Waals surface area contributed by atoms with Gasteiger partial charge in [-0.3, -0.25) is 24.6 Å². The molecule has 8 heteroatoms. The Morgan fingerprint density at radius 1 is 1.55 bits per heavy atom. The van der Waals surface area contributed by atoms with Crippen LogP contribution in [0.3, 0.4) is 0 Å². The number of amides is 1. The van der Waals surface area contributed by atoms with Crippen molar-refractivity contribution >= 4 is 23.3 Å². The van der Waals surface area contributed by atoms with Crippen LogP contribution < -0.4 is 5.32 Å². The standard InChI is InChI=1S/C14H17N3O5/c1-2-16-6-7-22-14(19)12(16)9-13(18)15-10-4-3-5-11(8-10)17(20)21/h3-5,8,12H,2,6-7,9H2,1H3,(H,15,18). The van der Waals surface area contributed by atoms with Crippen LogP contribution in [0.2, 0.25) is 0 Å². The van der Waals surface area contributed by atoms with Crippen LogP contribution in [0, 0.1) is 10.1 Å². The van der Waals surface area contributed by atoms with Crippen molar-refractivity contribution in [1.82, 2.24) is 4.90 Å². The first kappa shape index (κ1) is 15.9. The monoisotopic (exact) mass is 307 g/mol. The number of likely N-dealkylation sites (N-methyl/N-ethyl adjacent to an activating group) is 1. The van der Waals surface area contributed by atoms with Crippen LogP contribution in [0.15, 0.2) is 24.3 Å². The van der Waals surface area contributed by atoms with Gasteiger partial charge < -0.3 is 10.1 Å². The number of hydrogen-bond acceptors (Lipinski definition) is 6. The Labute approximate surface area is 127 Å². The fourth-order valence-electron chi connectivity index (χ4n) is 2.34. The van der Waals surface area contributed by atoms with E-state index in [2.05, 4.69) is 5.32 Å². The molecule has 118 valence electrons. The number of nitrogens with zero attached hydrogens (tertiary/aromatic N) is 2. The maximum absolute atomic E-state index is 12.1. The molecule has 0 spiro atoms. The van der Waals surface area contributed by atoms with Crippen molar-refractivity contribution in [2.75, 3.05) is 25.0 Å². The van der Waals surface area contributed by atoms with Crippen LogP contribution in [0.25, 0.3) is 0 Å². The first-order chi connectivity index (χ1) is 10.5. The van der Waals surface area contributed by atoms with Gasteiger partial charge in [-0.1, -0.05) is 13.0 Å². The highest BCUT2D eigenvalue weighted by Crippen LogP contribution is 2.18. The van der Waals surface area contributed by atoms with E-state index in [0.29, 0.717) is 25.4 Å². The van der Waals surface area contributed by atoms with Crippen LogP contribution >= 0.6 is 0 Å². The van der Waals surface area contributed by atoms with Crippen molar-refractivity contribution in [3.05, 3.63) is 34.4 Å². The van der Waals surface area contributed by atoms with Crippen LogP contribution in [0.1, 0.15) is 13.3 Å². The molecule has 0 aliphatic carbocycles. The van der Waals surface area contributed by atoms with Crippen molar-refractivity contribution in [3.63, 3.8) is 0 Å². The van der Waals surface area contributed by atoms with Gasteiger partial charge in [0.05, 0.1) is 11.3 Å². The average Bonchev–Trinajstić information content (AvgIpc) is 2.49. The van der Waals surface area contributed by atoms with Gasteiger partial charge in [-0.2, -0.15) is 0 Å². The van der Waals surface area contributed by atoms with Gasteiger partial charge >= 0.3 is 5.97 Å². The number of non-ortho nitro benzene ring substituents is 1. The van der Waals surface area contributed by atoms with E-state index in [4.69, 9.17) is 4.74 Å². The molecule has 1 aromatic carbocycles. The summed E-state index contributed by atoms with van der Waals surface area (Å²) in [6.45, 7) is 3.47. The summed E-state index contributed by atoms with van der Waals surface area (Å²) < 4.78 is 4.97. The molecule has 1 amide bonds. The zero-order valence-corrected chi connectivity index (χ0v) is 12.2. The molecule has 1 saturated heterocycles. The SMILES string of the molecule is CCN1CCOC(=O)C1CC(=O)Nc1cccc([N+](=O)[O-])c1. The lowest BCUT2D eigenvalue weighted by atomic mass is 10.1. The van der Waals surface area contributed by atoms with Crippen LogP contribution in [0.5, 0.6) is 0 Å². The van der Waals surface area contributed by atoms with Gasteiger partial charge in [0.1, 0.15) is 12.6 Å². The Morgan fingerprint density at radius 3 is 3.00 bits per heavy atom. The highest BCUT2D eigenvalue weighted by Gasteiger charge is 2.32. The number of nitro groups is 1. The molecular formula is C14H17N3O5. The smallest absolute Gasteiger partial charge is 0.323 e. The molecule has 8 nitrogen and oxygen atoms in total.